The lowest BCUT2D eigenvalue weighted by Gasteiger charge is -2.19. The number of benzene rings is 1. The minimum atomic E-state index is -3.89. The Morgan fingerprint density at radius 2 is 1.74 bits per heavy atom. The molecule has 0 unspecified atom stereocenters. The average Bonchev–Trinajstić information content (AvgIpc) is 3.04. The molecule has 0 aliphatic carbocycles. The Morgan fingerprint density at radius 1 is 1.11 bits per heavy atom. The summed E-state index contributed by atoms with van der Waals surface area (Å²) in [5.41, 5.74) is -0.414. The van der Waals surface area contributed by atoms with Gasteiger partial charge in [-0.15, -0.1) is 0 Å². The highest BCUT2D eigenvalue weighted by molar-refractivity contribution is 7.89. The van der Waals surface area contributed by atoms with Crippen molar-refractivity contribution in [2.24, 2.45) is 0 Å². The molecule has 2 aromatic rings. The Kier molecular flexibility index (Phi) is 6.08. The van der Waals surface area contributed by atoms with Crippen LogP contribution in [0, 0.1) is 0 Å². The molecule has 27 heavy (non-hydrogen) atoms. The zero-order valence-corrected chi connectivity index (χ0v) is 17.1. The number of furan rings is 1. The molecule has 0 bridgehead atoms. The molecule has 0 spiro atoms. The van der Waals surface area contributed by atoms with Crippen molar-refractivity contribution in [2.45, 2.75) is 31.4 Å². The number of methoxy groups -OCH3 is 2. The van der Waals surface area contributed by atoms with Crippen LogP contribution < -0.4 is 19.5 Å². The molecule has 1 aromatic carbocycles. The lowest BCUT2D eigenvalue weighted by molar-refractivity contribution is 0.0991. The molecule has 1 amide bonds. The lowest BCUT2D eigenvalue weighted by Crippen LogP contribution is -2.40. The van der Waals surface area contributed by atoms with Crippen molar-refractivity contribution in [1.29, 1.82) is 0 Å². The predicted octanol–water partition coefficient (Wildman–Crippen LogP) is 3.28. The van der Waals surface area contributed by atoms with Gasteiger partial charge in [-0.1, -0.05) is 11.6 Å². The molecular weight excluding hydrogens is 396 g/mol. The number of halogens is 1. The van der Waals surface area contributed by atoms with Gasteiger partial charge in [-0.2, -0.15) is 0 Å². The zero-order valence-electron chi connectivity index (χ0n) is 15.5. The minimum absolute atomic E-state index is 0.182. The molecule has 2 N–H and O–H groups in total. The molecule has 0 fully saturated rings. The van der Waals surface area contributed by atoms with Gasteiger partial charge >= 0.3 is 0 Å². The fraction of sp³-hybridized carbons (Fsp3) is 0.353. The second-order valence-electron chi connectivity index (χ2n) is 6.62. The van der Waals surface area contributed by atoms with Crippen LogP contribution in [0.3, 0.4) is 0 Å². The number of hydrogen-bond donors (Lipinski definition) is 2. The fourth-order valence-electron chi connectivity index (χ4n) is 2.18. The number of sulfonamides is 1. The van der Waals surface area contributed by atoms with E-state index in [-0.39, 0.29) is 21.6 Å². The van der Waals surface area contributed by atoms with E-state index in [1.165, 1.54) is 38.5 Å². The minimum Gasteiger partial charge on any atom is -0.495 e. The van der Waals surface area contributed by atoms with Crippen LogP contribution in [-0.4, -0.2) is 34.1 Å². The third-order valence-electron chi connectivity index (χ3n) is 3.23. The molecule has 0 radical (unpaired) electrons. The maximum Gasteiger partial charge on any atom is 0.291 e. The molecule has 8 nitrogen and oxygen atoms in total. The molecule has 10 heteroatoms. The summed E-state index contributed by atoms with van der Waals surface area (Å²) in [6.07, 6.45) is 0. The van der Waals surface area contributed by atoms with E-state index in [1.54, 1.807) is 20.8 Å². The van der Waals surface area contributed by atoms with Gasteiger partial charge in [0.2, 0.25) is 5.09 Å². The number of carbonyl (C=O) groups is 1. The topological polar surface area (TPSA) is 107 Å². The standard InChI is InChI=1S/C17H21ClN2O6S/c1-17(2,3)20-27(22,23)15-7-6-12(26-15)16(21)19-11-8-10(18)13(24-4)9-14(11)25-5/h6-9,20H,1-5H3,(H,19,21). The summed E-state index contributed by atoms with van der Waals surface area (Å²) >= 11 is 6.07. The highest BCUT2D eigenvalue weighted by Gasteiger charge is 2.26. The largest absolute Gasteiger partial charge is 0.495 e. The van der Waals surface area contributed by atoms with E-state index in [1.807, 2.05) is 0 Å². The van der Waals surface area contributed by atoms with Crippen molar-refractivity contribution in [3.63, 3.8) is 0 Å². The number of carbonyl (C=O) groups excluding carboxylic acids is 1. The molecule has 0 aliphatic heterocycles. The van der Waals surface area contributed by atoms with E-state index in [9.17, 15) is 13.2 Å². The summed E-state index contributed by atoms with van der Waals surface area (Å²) in [7, 11) is -1.01. The Hall–Kier alpha value is -2.23. The Morgan fingerprint density at radius 3 is 2.30 bits per heavy atom. The molecule has 2 rings (SSSR count). The highest BCUT2D eigenvalue weighted by atomic mass is 35.5. The average molecular weight is 417 g/mol. The Balaban J connectivity index is 2.26. The van der Waals surface area contributed by atoms with Crippen LogP contribution in [0.1, 0.15) is 31.3 Å². The van der Waals surface area contributed by atoms with E-state index in [0.717, 1.165) is 0 Å². The van der Waals surface area contributed by atoms with Crippen LogP contribution in [0.5, 0.6) is 11.5 Å². The molecule has 0 saturated heterocycles. The monoisotopic (exact) mass is 416 g/mol. The SMILES string of the molecule is COc1cc(OC)c(NC(=O)c2ccc(S(=O)(=O)NC(C)(C)C)o2)cc1Cl. The maximum atomic E-state index is 12.4. The van der Waals surface area contributed by atoms with Crippen LogP contribution in [0.4, 0.5) is 5.69 Å². The summed E-state index contributed by atoms with van der Waals surface area (Å²) in [5.74, 6) is -0.144. The van der Waals surface area contributed by atoms with Gasteiger partial charge in [-0.3, -0.25) is 4.79 Å². The molecule has 148 valence electrons. The first-order chi connectivity index (χ1) is 12.5. The summed E-state index contributed by atoms with van der Waals surface area (Å²) in [4.78, 5) is 12.4. The van der Waals surface area contributed by atoms with E-state index >= 15 is 0 Å². The van der Waals surface area contributed by atoms with E-state index in [2.05, 4.69) is 10.0 Å². The first-order valence-corrected chi connectivity index (χ1v) is 9.69. The van der Waals surface area contributed by atoms with Crippen molar-refractivity contribution in [3.8, 4) is 11.5 Å². The molecular formula is C17H21ClN2O6S. The maximum absolute atomic E-state index is 12.4. The van der Waals surface area contributed by atoms with Crippen molar-refractivity contribution in [3.05, 3.63) is 35.0 Å². The quantitative estimate of drug-likeness (QED) is 0.748. The normalized spacial score (nSPS) is 11.9. The van der Waals surface area contributed by atoms with Crippen molar-refractivity contribution < 1.29 is 27.1 Å². The van der Waals surface area contributed by atoms with Gasteiger partial charge in [0.15, 0.2) is 5.76 Å². The third-order valence-corrected chi connectivity index (χ3v) is 5.16. The highest BCUT2D eigenvalue weighted by Crippen LogP contribution is 2.36. The van der Waals surface area contributed by atoms with Gasteiger partial charge in [0.25, 0.3) is 15.9 Å². The summed E-state index contributed by atoms with van der Waals surface area (Å²) in [5, 5.41) is 2.48. The molecule has 0 saturated carbocycles. The first-order valence-electron chi connectivity index (χ1n) is 7.83. The second kappa shape index (κ2) is 7.79. The van der Waals surface area contributed by atoms with Gasteiger partial charge in [-0.05, 0) is 39.0 Å². The van der Waals surface area contributed by atoms with Crippen molar-refractivity contribution in [1.82, 2.24) is 4.72 Å². The van der Waals surface area contributed by atoms with Crippen LogP contribution >= 0.6 is 11.6 Å². The van der Waals surface area contributed by atoms with Crippen molar-refractivity contribution >= 4 is 33.2 Å². The summed E-state index contributed by atoms with van der Waals surface area (Å²) < 4.78 is 42.5. The van der Waals surface area contributed by atoms with Crippen LogP contribution in [-0.2, 0) is 10.0 Å². The molecule has 1 aromatic heterocycles. The number of rotatable bonds is 6. The van der Waals surface area contributed by atoms with Gasteiger partial charge in [-0.25, -0.2) is 13.1 Å². The van der Waals surface area contributed by atoms with Crippen LogP contribution in [0.15, 0.2) is 33.8 Å². The van der Waals surface area contributed by atoms with Crippen molar-refractivity contribution in [2.75, 3.05) is 19.5 Å². The first kappa shape index (κ1) is 21.1. The van der Waals surface area contributed by atoms with E-state index in [0.29, 0.717) is 11.5 Å². The Labute approximate surface area is 162 Å². The number of amides is 1. The predicted molar refractivity (Wildman–Crippen MR) is 101 cm³/mol. The number of nitrogens with one attached hydrogen (secondary N) is 2. The summed E-state index contributed by atoms with van der Waals surface area (Å²) in [6, 6.07) is 5.45. The number of hydrogen-bond acceptors (Lipinski definition) is 6. The Bertz CT molecular complexity index is 947. The van der Waals surface area contributed by atoms with Crippen LogP contribution in [0.2, 0.25) is 5.02 Å². The van der Waals surface area contributed by atoms with Crippen LogP contribution in [0.25, 0.3) is 0 Å². The van der Waals surface area contributed by atoms with Gasteiger partial charge in [0.05, 0.1) is 24.9 Å². The molecule has 1 heterocycles. The zero-order chi connectivity index (χ0) is 20.4. The molecule has 0 aliphatic rings. The van der Waals surface area contributed by atoms with E-state index < -0.39 is 21.5 Å². The van der Waals surface area contributed by atoms with E-state index in [4.69, 9.17) is 25.5 Å². The smallest absolute Gasteiger partial charge is 0.291 e. The molecule has 0 atom stereocenters. The van der Waals surface area contributed by atoms with Gasteiger partial charge < -0.3 is 19.2 Å². The fourth-order valence-corrected chi connectivity index (χ4v) is 3.78. The third kappa shape index (κ3) is 5.15. The lowest BCUT2D eigenvalue weighted by atomic mass is 10.1. The summed E-state index contributed by atoms with van der Waals surface area (Å²) in [6.45, 7) is 5.09. The second-order valence-corrected chi connectivity index (χ2v) is 8.64. The van der Waals surface area contributed by atoms with Gasteiger partial charge in [0.1, 0.15) is 11.5 Å². The van der Waals surface area contributed by atoms with Gasteiger partial charge in [0, 0.05) is 11.6 Å². The number of ether oxygens (including phenoxy) is 2. The number of anilines is 1.